The summed E-state index contributed by atoms with van der Waals surface area (Å²) in [4.78, 5) is 24.4. The summed E-state index contributed by atoms with van der Waals surface area (Å²) in [6.07, 6.45) is 57.6. The lowest BCUT2D eigenvalue weighted by atomic mass is 10.0. The Labute approximate surface area is 374 Å². The van der Waals surface area contributed by atoms with E-state index in [0.717, 1.165) is 57.8 Å². The van der Waals surface area contributed by atoms with E-state index in [2.05, 4.69) is 31.3 Å². The highest BCUT2D eigenvalue weighted by atomic mass is 16.5. The smallest absolute Gasteiger partial charge is 0.305 e. The van der Waals surface area contributed by atoms with Gasteiger partial charge in [0, 0.05) is 12.8 Å². The summed E-state index contributed by atoms with van der Waals surface area (Å²) in [5.74, 6) is -0.0448. The van der Waals surface area contributed by atoms with Gasteiger partial charge in [-0.25, -0.2) is 0 Å². The summed E-state index contributed by atoms with van der Waals surface area (Å²) in [5.41, 5.74) is 0. The molecule has 2 unspecified atom stereocenters. The molecule has 0 aromatic carbocycles. The molecule has 0 aliphatic heterocycles. The topological polar surface area (TPSA) is 95.9 Å². The first-order valence-corrected chi connectivity index (χ1v) is 26.9. The fraction of sp³-hybridized carbons (Fsp3) is 0.926. The number of amides is 1. The van der Waals surface area contributed by atoms with E-state index in [0.29, 0.717) is 25.9 Å². The van der Waals surface area contributed by atoms with Crippen molar-refractivity contribution in [3.63, 3.8) is 0 Å². The van der Waals surface area contributed by atoms with Crippen molar-refractivity contribution in [3.8, 4) is 0 Å². The third kappa shape index (κ3) is 46.1. The first-order valence-electron chi connectivity index (χ1n) is 26.9. The van der Waals surface area contributed by atoms with E-state index in [1.165, 1.54) is 205 Å². The molecule has 0 bridgehead atoms. The van der Waals surface area contributed by atoms with Gasteiger partial charge >= 0.3 is 5.97 Å². The van der Waals surface area contributed by atoms with Gasteiger partial charge in [0.15, 0.2) is 0 Å². The van der Waals surface area contributed by atoms with E-state index >= 15 is 0 Å². The summed E-state index contributed by atoms with van der Waals surface area (Å²) in [6, 6.07) is -0.549. The van der Waals surface area contributed by atoms with Crippen LogP contribution in [-0.4, -0.2) is 47.4 Å². The Morgan fingerprint density at radius 1 is 0.450 bits per heavy atom. The summed E-state index contributed by atoms with van der Waals surface area (Å²) in [6.45, 7) is 4.94. The molecule has 1 amide bonds. The first kappa shape index (κ1) is 58.6. The Morgan fingerprint density at radius 3 is 1.18 bits per heavy atom. The lowest BCUT2D eigenvalue weighted by Gasteiger charge is -2.22. The van der Waals surface area contributed by atoms with Crippen LogP contribution in [-0.2, 0) is 14.3 Å². The van der Waals surface area contributed by atoms with Gasteiger partial charge in [-0.3, -0.25) is 9.59 Å². The molecular weight excluding hydrogens is 743 g/mol. The van der Waals surface area contributed by atoms with E-state index in [1.807, 2.05) is 0 Å². The second-order valence-corrected chi connectivity index (χ2v) is 18.6. The lowest BCUT2D eigenvalue weighted by Crippen LogP contribution is -2.45. The Bertz CT molecular complexity index is 893. The van der Waals surface area contributed by atoms with Crippen molar-refractivity contribution in [2.45, 2.75) is 309 Å². The molecule has 0 heterocycles. The summed E-state index contributed by atoms with van der Waals surface area (Å²) < 4.78 is 5.46. The van der Waals surface area contributed by atoms with Crippen LogP contribution in [0.5, 0.6) is 0 Å². The van der Waals surface area contributed by atoms with E-state index in [4.69, 9.17) is 4.74 Å². The molecule has 0 aliphatic carbocycles. The predicted molar refractivity (Wildman–Crippen MR) is 260 cm³/mol. The second kappa shape index (κ2) is 50.2. The van der Waals surface area contributed by atoms with Crippen molar-refractivity contribution in [1.29, 1.82) is 0 Å². The maximum Gasteiger partial charge on any atom is 0.305 e. The van der Waals surface area contributed by atoms with Crippen LogP contribution < -0.4 is 5.32 Å². The number of allylic oxidation sites excluding steroid dienone is 2. The molecule has 2 atom stereocenters. The molecule has 0 aromatic rings. The highest BCUT2D eigenvalue weighted by Crippen LogP contribution is 2.17. The highest BCUT2D eigenvalue weighted by molar-refractivity contribution is 5.76. The van der Waals surface area contributed by atoms with E-state index in [9.17, 15) is 19.8 Å². The fourth-order valence-corrected chi connectivity index (χ4v) is 8.40. The van der Waals surface area contributed by atoms with E-state index in [-0.39, 0.29) is 18.5 Å². The van der Waals surface area contributed by atoms with E-state index in [1.54, 1.807) is 0 Å². The second-order valence-electron chi connectivity index (χ2n) is 18.6. The van der Waals surface area contributed by atoms with Gasteiger partial charge in [0.2, 0.25) is 5.91 Å². The van der Waals surface area contributed by atoms with E-state index < -0.39 is 12.1 Å². The predicted octanol–water partition coefficient (Wildman–Crippen LogP) is 16.1. The van der Waals surface area contributed by atoms with Gasteiger partial charge in [0.1, 0.15) is 0 Å². The molecule has 0 saturated carbocycles. The van der Waals surface area contributed by atoms with Crippen molar-refractivity contribution in [2.75, 3.05) is 13.2 Å². The van der Waals surface area contributed by atoms with Gasteiger partial charge in [0.25, 0.3) is 0 Å². The number of hydrogen-bond acceptors (Lipinski definition) is 5. The van der Waals surface area contributed by atoms with Crippen LogP contribution in [0.1, 0.15) is 296 Å². The minimum absolute atomic E-state index is 0.00381. The number of ether oxygens (including phenoxy) is 1. The number of esters is 1. The normalized spacial score (nSPS) is 12.7. The van der Waals surface area contributed by atoms with Gasteiger partial charge in [-0.15, -0.1) is 0 Å². The Morgan fingerprint density at radius 2 is 0.783 bits per heavy atom. The molecule has 0 fully saturated rings. The molecule has 6 heteroatoms. The standard InChI is InChI=1S/C54H105NO5/c1-3-5-7-9-11-13-15-23-26-30-34-38-42-46-52(57)51(50-56)55-53(58)47-43-39-35-31-27-24-21-19-17-18-20-22-25-29-33-37-41-45-49-60-54(59)48-44-40-36-32-28-16-14-12-10-8-6-4-2/h19,21,51-52,56-57H,3-18,20,22-50H2,1-2H3,(H,55,58)/b21-19-. The fourth-order valence-electron chi connectivity index (χ4n) is 8.40. The zero-order valence-corrected chi connectivity index (χ0v) is 40.5. The van der Waals surface area contributed by atoms with Crippen molar-refractivity contribution in [3.05, 3.63) is 12.2 Å². The lowest BCUT2D eigenvalue weighted by molar-refractivity contribution is -0.143. The minimum atomic E-state index is -0.671. The van der Waals surface area contributed by atoms with Crippen LogP contribution >= 0.6 is 0 Å². The van der Waals surface area contributed by atoms with Crippen LogP contribution in [0, 0.1) is 0 Å². The summed E-state index contributed by atoms with van der Waals surface area (Å²) in [5, 5.41) is 23.2. The number of nitrogens with one attached hydrogen (secondary N) is 1. The monoisotopic (exact) mass is 848 g/mol. The molecule has 0 saturated heterocycles. The first-order chi connectivity index (χ1) is 29.5. The maximum atomic E-state index is 12.4. The number of rotatable bonds is 50. The number of carbonyl (C=O) groups excluding carboxylic acids is 2. The number of carbonyl (C=O) groups is 2. The van der Waals surface area contributed by atoms with Gasteiger partial charge in [-0.05, 0) is 51.4 Å². The molecule has 0 spiro atoms. The maximum absolute atomic E-state index is 12.4. The van der Waals surface area contributed by atoms with Crippen LogP contribution in [0.15, 0.2) is 12.2 Å². The SMILES string of the molecule is CCCCCCCCCCCCCCCC(O)C(CO)NC(=O)CCCCCCC/C=C\CCCCCCCCCCCOC(=O)CCCCCCCCCCCCCC. The zero-order valence-electron chi connectivity index (χ0n) is 40.5. The largest absolute Gasteiger partial charge is 0.466 e. The summed E-state index contributed by atoms with van der Waals surface area (Å²) >= 11 is 0. The third-order valence-corrected chi connectivity index (χ3v) is 12.6. The average Bonchev–Trinajstić information content (AvgIpc) is 3.25. The molecule has 0 radical (unpaired) electrons. The molecule has 0 aromatic heterocycles. The quantitative estimate of drug-likeness (QED) is 0.0322. The van der Waals surface area contributed by atoms with Crippen molar-refractivity contribution in [2.24, 2.45) is 0 Å². The molecule has 60 heavy (non-hydrogen) atoms. The van der Waals surface area contributed by atoms with Gasteiger partial charge < -0.3 is 20.3 Å². The van der Waals surface area contributed by atoms with Crippen molar-refractivity contribution < 1.29 is 24.5 Å². The van der Waals surface area contributed by atoms with Gasteiger partial charge in [0.05, 0.1) is 25.4 Å². The van der Waals surface area contributed by atoms with Crippen molar-refractivity contribution in [1.82, 2.24) is 5.32 Å². The zero-order chi connectivity index (χ0) is 43.7. The number of unbranched alkanes of at least 4 members (excludes halogenated alkanes) is 37. The molecular formula is C54H105NO5. The highest BCUT2D eigenvalue weighted by Gasteiger charge is 2.20. The number of hydrogen-bond donors (Lipinski definition) is 3. The van der Waals surface area contributed by atoms with Gasteiger partial charge in [-0.1, -0.05) is 244 Å². The van der Waals surface area contributed by atoms with Crippen LogP contribution in [0.25, 0.3) is 0 Å². The molecule has 356 valence electrons. The van der Waals surface area contributed by atoms with Crippen LogP contribution in [0.2, 0.25) is 0 Å². The molecule has 0 aliphatic rings. The third-order valence-electron chi connectivity index (χ3n) is 12.6. The summed E-state index contributed by atoms with van der Waals surface area (Å²) in [7, 11) is 0. The molecule has 0 rings (SSSR count). The Hall–Kier alpha value is -1.40. The van der Waals surface area contributed by atoms with Crippen LogP contribution in [0.4, 0.5) is 0 Å². The number of aliphatic hydroxyl groups is 2. The number of aliphatic hydroxyl groups excluding tert-OH is 2. The molecule has 3 N–H and O–H groups in total. The van der Waals surface area contributed by atoms with Crippen molar-refractivity contribution >= 4 is 11.9 Å². The van der Waals surface area contributed by atoms with Crippen LogP contribution in [0.3, 0.4) is 0 Å². The van der Waals surface area contributed by atoms with Gasteiger partial charge in [-0.2, -0.15) is 0 Å². The molecule has 6 nitrogen and oxygen atoms in total. The average molecular weight is 848 g/mol. The Balaban J connectivity index is 3.44. The minimum Gasteiger partial charge on any atom is -0.466 e. The Kier molecular flexibility index (Phi) is 49.1.